The van der Waals surface area contributed by atoms with Gasteiger partial charge in [0, 0.05) is 6.54 Å². The van der Waals surface area contributed by atoms with Crippen LogP contribution in [0.3, 0.4) is 0 Å². The van der Waals surface area contributed by atoms with E-state index in [4.69, 9.17) is 4.74 Å². The summed E-state index contributed by atoms with van der Waals surface area (Å²) in [6.07, 6.45) is -0.898. The van der Waals surface area contributed by atoms with E-state index in [1.165, 1.54) is 0 Å². The van der Waals surface area contributed by atoms with Crippen molar-refractivity contribution in [1.29, 1.82) is 0 Å². The number of aliphatic hydroxyl groups excluding tert-OH is 1. The van der Waals surface area contributed by atoms with Crippen molar-refractivity contribution in [1.82, 2.24) is 15.5 Å². The summed E-state index contributed by atoms with van der Waals surface area (Å²) in [4.78, 5) is 27.6. The van der Waals surface area contributed by atoms with E-state index in [0.717, 1.165) is 11.1 Å². The van der Waals surface area contributed by atoms with E-state index in [1.807, 2.05) is 67.6 Å². The lowest BCUT2D eigenvalue weighted by Crippen LogP contribution is -2.55. The molecule has 0 unspecified atom stereocenters. The molecule has 0 radical (unpaired) electrons. The number of alkyl carbamates (subject to hydrolysis) is 1. The fourth-order valence-corrected chi connectivity index (χ4v) is 4.07. The van der Waals surface area contributed by atoms with Crippen molar-refractivity contribution in [3.63, 3.8) is 0 Å². The van der Waals surface area contributed by atoms with E-state index in [9.17, 15) is 14.7 Å². The Hall–Kier alpha value is -2.90. The lowest BCUT2D eigenvalue weighted by molar-refractivity contribution is -0.133. The number of carbonyl (C=O) groups excluding carboxylic acids is 2. The molecule has 7 heteroatoms. The highest BCUT2D eigenvalue weighted by Gasteiger charge is 2.44. The first kappa shape index (κ1) is 24.7. The SMILES string of the molecule is CC[C@H]1N[C@@H]([C@@H](O)[C@H](Cc2ccccc2)NC(=O)OC(C)(C)C)C(=O)N1Cc1ccccc1. The van der Waals surface area contributed by atoms with Gasteiger partial charge in [-0.1, -0.05) is 67.6 Å². The molecule has 2 amide bonds. The molecule has 0 aliphatic carbocycles. The molecule has 0 saturated carbocycles. The Balaban J connectivity index is 1.79. The fraction of sp³-hybridized carbons (Fsp3) is 0.462. The third-order valence-corrected chi connectivity index (χ3v) is 5.63. The molecule has 178 valence electrons. The Morgan fingerprint density at radius 2 is 1.67 bits per heavy atom. The summed E-state index contributed by atoms with van der Waals surface area (Å²) >= 11 is 0. The lowest BCUT2D eigenvalue weighted by Gasteiger charge is -2.29. The predicted octanol–water partition coefficient (Wildman–Crippen LogP) is 3.22. The van der Waals surface area contributed by atoms with Crippen LogP contribution in [0.15, 0.2) is 60.7 Å². The topological polar surface area (TPSA) is 90.9 Å². The van der Waals surface area contributed by atoms with E-state index in [2.05, 4.69) is 10.6 Å². The first-order valence-electron chi connectivity index (χ1n) is 11.5. The number of carbonyl (C=O) groups is 2. The van der Waals surface area contributed by atoms with Crippen LogP contribution in [0.4, 0.5) is 4.79 Å². The van der Waals surface area contributed by atoms with Crippen molar-refractivity contribution in [2.45, 2.75) is 77.0 Å². The van der Waals surface area contributed by atoms with Gasteiger partial charge in [0.05, 0.1) is 18.3 Å². The van der Waals surface area contributed by atoms with E-state index < -0.39 is 29.9 Å². The second kappa shape index (κ2) is 10.8. The quantitative estimate of drug-likeness (QED) is 0.571. The van der Waals surface area contributed by atoms with Gasteiger partial charge < -0.3 is 20.1 Å². The first-order chi connectivity index (χ1) is 15.7. The molecule has 1 heterocycles. The van der Waals surface area contributed by atoms with Crippen LogP contribution in [-0.2, 0) is 22.5 Å². The third-order valence-electron chi connectivity index (χ3n) is 5.63. The van der Waals surface area contributed by atoms with Crippen molar-refractivity contribution in [2.24, 2.45) is 0 Å². The number of hydrogen-bond acceptors (Lipinski definition) is 5. The van der Waals surface area contributed by atoms with Gasteiger partial charge in [0.1, 0.15) is 11.6 Å². The van der Waals surface area contributed by atoms with Gasteiger partial charge in [-0.05, 0) is 44.7 Å². The molecule has 0 spiro atoms. The summed E-state index contributed by atoms with van der Waals surface area (Å²) < 4.78 is 5.41. The molecule has 0 bridgehead atoms. The van der Waals surface area contributed by atoms with Crippen LogP contribution < -0.4 is 10.6 Å². The third kappa shape index (κ3) is 6.79. The molecule has 2 aromatic carbocycles. The van der Waals surface area contributed by atoms with Crippen LogP contribution >= 0.6 is 0 Å². The number of aliphatic hydroxyl groups is 1. The first-order valence-corrected chi connectivity index (χ1v) is 11.5. The summed E-state index contributed by atoms with van der Waals surface area (Å²) in [5, 5.41) is 17.4. The Bertz CT molecular complexity index is 914. The largest absolute Gasteiger partial charge is 0.444 e. The van der Waals surface area contributed by atoms with Crippen molar-refractivity contribution < 1.29 is 19.4 Å². The highest BCUT2D eigenvalue weighted by molar-refractivity contribution is 5.85. The summed E-state index contributed by atoms with van der Waals surface area (Å²) in [7, 11) is 0. The number of amides is 2. The number of benzene rings is 2. The zero-order valence-electron chi connectivity index (χ0n) is 19.8. The van der Waals surface area contributed by atoms with Gasteiger partial charge in [-0.25, -0.2) is 4.79 Å². The molecular weight excluding hydrogens is 418 g/mol. The smallest absolute Gasteiger partial charge is 0.407 e. The molecule has 0 aromatic heterocycles. The van der Waals surface area contributed by atoms with Gasteiger partial charge in [-0.2, -0.15) is 0 Å². The zero-order chi connectivity index (χ0) is 24.0. The van der Waals surface area contributed by atoms with Gasteiger partial charge >= 0.3 is 6.09 Å². The van der Waals surface area contributed by atoms with E-state index in [-0.39, 0.29) is 12.1 Å². The minimum Gasteiger partial charge on any atom is -0.444 e. The van der Waals surface area contributed by atoms with Gasteiger partial charge in [-0.3, -0.25) is 10.1 Å². The summed E-state index contributed by atoms with van der Waals surface area (Å²) in [5.41, 5.74) is 1.29. The van der Waals surface area contributed by atoms with E-state index in [1.54, 1.807) is 25.7 Å². The van der Waals surface area contributed by atoms with Crippen LogP contribution in [0.2, 0.25) is 0 Å². The maximum Gasteiger partial charge on any atom is 0.407 e. The minimum absolute atomic E-state index is 0.178. The van der Waals surface area contributed by atoms with Crippen molar-refractivity contribution >= 4 is 12.0 Å². The number of ether oxygens (including phenoxy) is 1. The molecule has 4 atom stereocenters. The second-order valence-electron chi connectivity index (χ2n) is 9.45. The second-order valence-corrected chi connectivity index (χ2v) is 9.45. The monoisotopic (exact) mass is 453 g/mol. The number of rotatable bonds is 8. The molecule has 3 N–H and O–H groups in total. The van der Waals surface area contributed by atoms with Crippen molar-refractivity contribution in [3.05, 3.63) is 71.8 Å². The fourth-order valence-electron chi connectivity index (χ4n) is 4.07. The summed E-state index contributed by atoms with van der Waals surface area (Å²) in [6.45, 7) is 7.80. The maximum absolute atomic E-state index is 13.4. The standard InChI is InChI=1S/C26H35N3O4/c1-5-21-28-22(24(31)29(21)17-19-14-10-7-11-15-19)23(30)20(16-18-12-8-6-9-13-18)27-25(32)33-26(2,3)4/h6-15,20-23,28,30H,5,16-17H2,1-4H3,(H,27,32)/t20-,21-,22-,23-/m0/s1. The van der Waals surface area contributed by atoms with Gasteiger partial charge in [0.2, 0.25) is 5.91 Å². The molecule has 3 rings (SSSR count). The average Bonchev–Trinajstić information content (AvgIpc) is 3.08. The van der Waals surface area contributed by atoms with Crippen LogP contribution in [-0.4, -0.2) is 52.0 Å². The van der Waals surface area contributed by atoms with Gasteiger partial charge in [0.15, 0.2) is 0 Å². The minimum atomic E-state index is -1.14. The van der Waals surface area contributed by atoms with E-state index in [0.29, 0.717) is 19.4 Å². The highest BCUT2D eigenvalue weighted by atomic mass is 16.6. The molecule has 1 fully saturated rings. The van der Waals surface area contributed by atoms with Gasteiger partial charge in [-0.15, -0.1) is 0 Å². The number of hydrogen-bond donors (Lipinski definition) is 3. The van der Waals surface area contributed by atoms with Crippen molar-refractivity contribution in [3.8, 4) is 0 Å². The molecular formula is C26H35N3O4. The normalized spacial score (nSPS) is 20.4. The molecule has 2 aromatic rings. The zero-order valence-corrected chi connectivity index (χ0v) is 19.8. The summed E-state index contributed by atoms with van der Waals surface area (Å²) in [5.74, 6) is -0.178. The maximum atomic E-state index is 13.4. The van der Waals surface area contributed by atoms with Crippen LogP contribution in [0.5, 0.6) is 0 Å². The molecule has 1 saturated heterocycles. The molecule has 7 nitrogen and oxygen atoms in total. The van der Waals surface area contributed by atoms with E-state index >= 15 is 0 Å². The summed E-state index contributed by atoms with van der Waals surface area (Å²) in [6, 6.07) is 17.8. The Kier molecular flexibility index (Phi) is 8.10. The predicted molar refractivity (Wildman–Crippen MR) is 127 cm³/mol. The molecule has 33 heavy (non-hydrogen) atoms. The Morgan fingerprint density at radius 3 is 2.21 bits per heavy atom. The van der Waals surface area contributed by atoms with Crippen LogP contribution in [0, 0.1) is 0 Å². The highest BCUT2D eigenvalue weighted by Crippen LogP contribution is 2.22. The number of nitrogens with one attached hydrogen (secondary N) is 2. The lowest BCUT2D eigenvalue weighted by atomic mass is 9.96. The van der Waals surface area contributed by atoms with Crippen LogP contribution in [0.25, 0.3) is 0 Å². The van der Waals surface area contributed by atoms with Gasteiger partial charge in [0.25, 0.3) is 0 Å². The molecule has 1 aliphatic heterocycles. The average molecular weight is 454 g/mol. The molecule has 1 aliphatic rings. The Labute approximate surface area is 196 Å². The number of nitrogens with zero attached hydrogens (tertiary/aromatic N) is 1. The Morgan fingerprint density at radius 1 is 1.09 bits per heavy atom. The van der Waals surface area contributed by atoms with Crippen LogP contribution in [0.1, 0.15) is 45.2 Å². The van der Waals surface area contributed by atoms with Crippen molar-refractivity contribution in [2.75, 3.05) is 0 Å².